The van der Waals surface area contributed by atoms with Crippen molar-refractivity contribution in [1.29, 1.82) is 0 Å². The summed E-state index contributed by atoms with van der Waals surface area (Å²) in [5.74, 6) is -2.44. The third kappa shape index (κ3) is 4.13. The Morgan fingerprint density at radius 2 is 1.85 bits per heavy atom. The average Bonchev–Trinajstić information content (AvgIpc) is 2.70. The first-order chi connectivity index (χ1) is 13.0. The third-order valence-electron chi connectivity index (χ3n) is 4.43. The molecule has 2 aromatic rings. The van der Waals surface area contributed by atoms with Crippen molar-refractivity contribution in [2.24, 2.45) is 0 Å². The van der Waals surface area contributed by atoms with Crippen molar-refractivity contribution in [3.05, 3.63) is 71.0 Å². The van der Waals surface area contributed by atoms with Gasteiger partial charge in [0.15, 0.2) is 6.61 Å². The number of methoxy groups -OCH3 is 1. The van der Waals surface area contributed by atoms with Gasteiger partial charge in [-0.2, -0.15) is 0 Å². The zero-order chi connectivity index (χ0) is 19.4. The molecule has 0 saturated heterocycles. The van der Waals surface area contributed by atoms with E-state index in [9.17, 15) is 18.8 Å². The van der Waals surface area contributed by atoms with E-state index in [0.717, 1.165) is 17.2 Å². The van der Waals surface area contributed by atoms with Crippen molar-refractivity contribution >= 4 is 17.8 Å². The molecule has 0 spiro atoms. The van der Waals surface area contributed by atoms with Crippen LogP contribution in [0, 0.1) is 5.82 Å². The second-order valence-corrected chi connectivity index (χ2v) is 6.12. The van der Waals surface area contributed by atoms with E-state index in [1.54, 1.807) is 0 Å². The summed E-state index contributed by atoms with van der Waals surface area (Å²) in [5, 5.41) is 0. The van der Waals surface area contributed by atoms with Crippen LogP contribution in [0.25, 0.3) is 0 Å². The molecule has 7 heteroatoms. The zero-order valence-corrected chi connectivity index (χ0v) is 14.7. The van der Waals surface area contributed by atoms with E-state index in [1.807, 2.05) is 24.3 Å². The molecular weight excluding hydrogens is 353 g/mol. The van der Waals surface area contributed by atoms with E-state index >= 15 is 0 Å². The lowest BCUT2D eigenvalue weighted by Gasteiger charge is -2.35. The molecule has 27 heavy (non-hydrogen) atoms. The molecule has 1 aliphatic heterocycles. The predicted octanol–water partition coefficient (Wildman–Crippen LogP) is 2.11. The fourth-order valence-corrected chi connectivity index (χ4v) is 3.04. The molecule has 0 unspecified atom stereocenters. The SMILES string of the molecule is COC(=O)[C@H]1Cc2ccccc2CN1C(=O)COC(=O)c1cccc(F)c1. The van der Waals surface area contributed by atoms with Crippen molar-refractivity contribution in [2.75, 3.05) is 13.7 Å². The van der Waals surface area contributed by atoms with Crippen LogP contribution >= 0.6 is 0 Å². The van der Waals surface area contributed by atoms with Crippen molar-refractivity contribution in [3.63, 3.8) is 0 Å². The molecule has 1 atom stereocenters. The standard InChI is InChI=1S/C20H18FNO5/c1-26-20(25)17-10-13-5-2-3-6-15(13)11-22(17)18(23)12-27-19(24)14-7-4-8-16(21)9-14/h2-9,17H,10-12H2,1H3/t17-/m1/s1. The molecule has 0 saturated carbocycles. The van der Waals surface area contributed by atoms with Crippen molar-refractivity contribution in [2.45, 2.75) is 19.0 Å². The molecule has 1 heterocycles. The summed E-state index contributed by atoms with van der Waals surface area (Å²) in [6.45, 7) is -0.336. The number of hydrogen-bond acceptors (Lipinski definition) is 5. The number of ether oxygens (including phenoxy) is 2. The normalized spacial score (nSPS) is 15.6. The highest BCUT2D eigenvalue weighted by atomic mass is 19.1. The minimum absolute atomic E-state index is 0.0105. The van der Waals surface area contributed by atoms with E-state index in [0.29, 0.717) is 6.42 Å². The topological polar surface area (TPSA) is 72.9 Å². The minimum Gasteiger partial charge on any atom is -0.467 e. The molecule has 0 bridgehead atoms. The first-order valence-electron chi connectivity index (χ1n) is 8.36. The number of hydrogen-bond donors (Lipinski definition) is 0. The highest BCUT2D eigenvalue weighted by Crippen LogP contribution is 2.24. The molecule has 2 aromatic carbocycles. The second kappa shape index (κ2) is 7.99. The Labute approximate surface area is 155 Å². The molecule has 0 aromatic heterocycles. The Kier molecular flexibility index (Phi) is 5.49. The molecule has 0 aliphatic carbocycles. The van der Waals surface area contributed by atoms with E-state index in [-0.39, 0.29) is 12.1 Å². The molecule has 6 nitrogen and oxygen atoms in total. The lowest BCUT2D eigenvalue weighted by Crippen LogP contribution is -2.50. The van der Waals surface area contributed by atoms with Gasteiger partial charge in [-0.3, -0.25) is 4.79 Å². The molecule has 1 aliphatic rings. The summed E-state index contributed by atoms with van der Waals surface area (Å²) in [4.78, 5) is 38.1. The van der Waals surface area contributed by atoms with Crippen LogP contribution in [0.2, 0.25) is 0 Å². The summed E-state index contributed by atoms with van der Waals surface area (Å²) in [6.07, 6.45) is 0.326. The van der Waals surface area contributed by atoms with Gasteiger partial charge in [-0.1, -0.05) is 30.3 Å². The van der Waals surface area contributed by atoms with Gasteiger partial charge in [0, 0.05) is 13.0 Å². The van der Waals surface area contributed by atoms with Gasteiger partial charge in [0.25, 0.3) is 5.91 Å². The summed E-state index contributed by atoms with van der Waals surface area (Å²) in [6, 6.07) is 11.7. The van der Waals surface area contributed by atoms with E-state index in [2.05, 4.69) is 0 Å². The number of carbonyl (C=O) groups is 3. The van der Waals surface area contributed by atoms with E-state index < -0.39 is 36.3 Å². The summed E-state index contributed by atoms with van der Waals surface area (Å²) in [7, 11) is 1.26. The van der Waals surface area contributed by atoms with Gasteiger partial charge >= 0.3 is 11.9 Å². The van der Waals surface area contributed by atoms with Crippen LogP contribution in [-0.2, 0) is 32.0 Å². The van der Waals surface area contributed by atoms with Crippen molar-refractivity contribution in [3.8, 4) is 0 Å². The highest BCUT2D eigenvalue weighted by molar-refractivity contribution is 5.92. The maximum atomic E-state index is 13.2. The van der Waals surface area contributed by atoms with Gasteiger partial charge in [-0.05, 0) is 29.3 Å². The number of rotatable bonds is 4. The maximum absolute atomic E-state index is 13.2. The number of halogens is 1. The smallest absolute Gasteiger partial charge is 0.338 e. The fourth-order valence-electron chi connectivity index (χ4n) is 3.04. The van der Waals surface area contributed by atoms with Crippen molar-refractivity contribution < 1.29 is 28.2 Å². The van der Waals surface area contributed by atoms with Crippen LogP contribution in [0.5, 0.6) is 0 Å². The van der Waals surface area contributed by atoms with Crippen LogP contribution in [0.3, 0.4) is 0 Å². The molecule has 0 radical (unpaired) electrons. The van der Waals surface area contributed by atoms with Gasteiger partial charge in [0.05, 0.1) is 12.7 Å². The quantitative estimate of drug-likeness (QED) is 0.770. The highest BCUT2D eigenvalue weighted by Gasteiger charge is 2.35. The number of amides is 1. The van der Waals surface area contributed by atoms with Gasteiger partial charge in [0.1, 0.15) is 11.9 Å². The van der Waals surface area contributed by atoms with Crippen LogP contribution in [0.15, 0.2) is 48.5 Å². The maximum Gasteiger partial charge on any atom is 0.338 e. The average molecular weight is 371 g/mol. The molecule has 0 N–H and O–H groups in total. The number of nitrogens with zero attached hydrogens (tertiary/aromatic N) is 1. The number of benzene rings is 2. The van der Waals surface area contributed by atoms with E-state index in [4.69, 9.17) is 9.47 Å². The summed E-state index contributed by atoms with van der Waals surface area (Å²) >= 11 is 0. The number of fused-ring (bicyclic) bond motifs is 1. The van der Waals surface area contributed by atoms with Gasteiger partial charge in [-0.25, -0.2) is 14.0 Å². The second-order valence-electron chi connectivity index (χ2n) is 6.12. The Balaban J connectivity index is 1.72. The third-order valence-corrected chi connectivity index (χ3v) is 4.43. The van der Waals surface area contributed by atoms with Crippen LogP contribution in [0.1, 0.15) is 21.5 Å². The Hall–Kier alpha value is -3.22. The molecule has 140 valence electrons. The Morgan fingerprint density at radius 3 is 2.56 bits per heavy atom. The number of carbonyl (C=O) groups excluding carboxylic acids is 3. The number of esters is 2. The monoisotopic (exact) mass is 371 g/mol. The van der Waals surface area contributed by atoms with Crippen LogP contribution in [-0.4, -0.2) is 42.5 Å². The predicted molar refractivity (Wildman–Crippen MR) is 93.2 cm³/mol. The van der Waals surface area contributed by atoms with Crippen LogP contribution in [0.4, 0.5) is 4.39 Å². The van der Waals surface area contributed by atoms with Crippen LogP contribution < -0.4 is 0 Å². The molecule has 0 fully saturated rings. The lowest BCUT2D eigenvalue weighted by atomic mass is 9.94. The lowest BCUT2D eigenvalue weighted by molar-refractivity contribution is -0.155. The van der Waals surface area contributed by atoms with Gasteiger partial charge in [-0.15, -0.1) is 0 Å². The summed E-state index contributed by atoms with van der Waals surface area (Å²) < 4.78 is 23.0. The molecule has 1 amide bonds. The Morgan fingerprint density at radius 1 is 1.11 bits per heavy atom. The van der Waals surface area contributed by atoms with Gasteiger partial charge < -0.3 is 14.4 Å². The minimum atomic E-state index is -0.810. The first-order valence-corrected chi connectivity index (χ1v) is 8.36. The fraction of sp³-hybridized carbons (Fsp3) is 0.250. The summed E-state index contributed by atoms with van der Waals surface area (Å²) in [5.41, 5.74) is 1.90. The Bertz CT molecular complexity index is 882. The molecule has 3 rings (SSSR count). The van der Waals surface area contributed by atoms with Crippen molar-refractivity contribution in [1.82, 2.24) is 4.90 Å². The largest absolute Gasteiger partial charge is 0.467 e. The van der Waals surface area contributed by atoms with E-state index in [1.165, 1.54) is 30.2 Å². The van der Waals surface area contributed by atoms with Gasteiger partial charge in [0.2, 0.25) is 0 Å². The zero-order valence-electron chi connectivity index (χ0n) is 14.7. The first kappa shape index (κ1) is 18.6. The molecular formula is C20H18FNO5.